The van der Waals surface area contributed by atoms with Gasteiger partial charge in [-0.25, -0.2) is 8.78 Å². The molecule has 0 amide bonds. The van der Waals surface area contributed by atoms with Crippen molar-refractivity contribution in [3.63, 3.8) is 0 Å². The molecule has 5 heteroatoms. The lowest BCUT2D eigenvalue weighted by atomic mass is 10.0. The van der Waals surface area contributed by atoms with Crippen molar-refractivity contribution in [1.82, 2.24) is 5.32 Å². The Hall–Kier alpha value is -1.04. The van der Waals surface area contributed by atoms with E-state index in [1.165, 1.54) is 6.07 Å². The summed E-state index contributed by atoms with van der Waals surface area (Å²) in [6.45, 7) is 7.57. The Morgan fingerprint density at radius 3 is 2.33 bits per heavy atom. The number of hydrogen-bond acceptors (Lipinski definition) is 3. The molecule has 0 aliphatic heterocycles. The van der Waals surface area contributed by atoms with E-state index in [-0.39, 0.29) is 6.04 Å². The molecule has 0 bridgehead atoms. The summed E-state index contributed by atoms with van der Waals surface area (Å²) in [4.78, 5) is 0. The van der Waals surface area contributed by atoms with E-state index >= 15 is 0 Å². The van der Waals surface area contributed by atoms with Crippen LogP contribution in [0, 0.1) is 11.6 Å². The highest BCUT2D eigenvalue weighted by molar-refractivity contribution is 5.20. The molecular formula is C16H25F2NO2. The largest absolute Gasteiger partial charge is 0.351 e. The molecule has 0 heterocycles. The molecule has 21 heavy (non-hydrogen) atoms. The Morgan fingerprint density at radius 1 is 1.10 bits per heavy atom. The zero-order valence-corrected chi connectivity index (χ0v) is 13.0. The van der Waals surface area contributed by atoms with Gasteiger partial charge in [0.05, 0.1) is 6.04 Å². The van der Waals surface area contributed by atoms with Crippen molar-refractivity contribution in [2.45, 2.75) is 45.9 Å². The predicted molar refractivity (Wildman–Crippen MR) is 79.2 cm³/mol. The molecule has 0 aromatic heterocycles. The Balaban J connectivity index is 2.87. The standard InChI is InChI=1S/C16H25F2NO2/c1-4-10-19-14(16(20-5-2)21-6-3)11-12-8-7-9-13(17)15(12)18/h7-9,14,16,19H,4-6,10-11H2,1-3H3. The van der Waals surface area contributed by atoms with Crippen LogP contribution < -0.4 is 5.32 Å². The van der Waals surface area contributed by atoms with Gasteiger partial charge < -0.3 is 14.8 Å². The maximum atomic E-state index is 13.8. The highest BCUT2D eigenvalue weighted by Gasteiger charge is 2.24. The van der Waals surface area contributed by atoms with Gasteiger partial charge in [0.2, 0.25) is 0 Å². The number of halogens is 2. The lowest BCUT2D eigenvalue weighted by Crippen LogP contribution is -2.45. The van der Waals surface area contributed by atoms with Crippen LogP contribution in [-0.4, -0.2) is 32.1 Å². The molecule has 0 aliphatic rings. The number of benzene rings is 1. The SMILES string of the molecule is CCCNC(Cc1cccc(F)c1F)C(OCC)OCC. The van der Waals surface area contributed by atoms with Gasteiger partial charge in [-0.2, -0.15) is 0 Å². The molecule has 0 saturated heterocycles. The van der Waals surface area contributed by atoms with Gasteiger partial charge >= 0.3 is 0 Å². The molecule has 0 spiro atoms. The van der Waals surface area contributed by atoms with Gasteiger partial charge in [0.25, 0.3) is 0 Å². The molecule has 0 fully saturated rings. The quantitative estimate of drug-likeness (QED) is 0.673. The first-order valence-electron chi connectivity index (χ1n) is 7.53. The summed E-state index contributed by atoms with van der Waals surface area (Å²) in [6.07, 6.45) is 0.774. The topological polar surface area (TPSA) is 30.5 Å². The minimum atomic E-state index is -0.828. The monoisotopic (exact) mass is 301 g/mol. The summed E-state index contributed by atoms with van der Waals surface area (Å²) < 4.78 is 38.3. The minimum Gasteiger partial charge on any atom is -0.351 e. The van der Waals surface area contributed by atoms with Gasteiger partial charge in [-0.15, -0.1) is 0 Å². The molecule has 0 radical (unpaired) electrons. The average Bonchev–Trinajstić information content (AvgIpc) is 2.47. The van der Waals surface area contributed by atoms with Crippen LogP contribution in [0.1, 0.15) is 32.8 Å². The van der Waals surface area contributed by atoms with Crippen molar-refractivity contribution >= 4 is 0 Å². The number of nitrogens with one attached hydrogen (secondary N) is 1. The molecule has 1 atom stereocenters. The van der Waals surface area contributed by atoms with Crippen LogP contribution in [0.15, 0.2) is 18.2 Å². The highest BCUT2D eigenvalue weighted by Crippen LogP contribution is 2.16. The van der Waals surface area contributed by atoms with Crippen molar-refractivity contribution in [1.29, 1.82) is 0 Å². The molecule has 0 saturated carbocycles. The predicted octanol–water partition coefficient (Wildman–Crippen LogP) is 3.27. The lowest BCUT2D eigenvalue weighted by molar-refractivity contribution is -0.153. The van der Waals surface area contributed by atoms with Gasteiger partial charge in [-0.1, -0.05) is 19.1 Å². The smallest absolute Gasteiger partial charge is 0.172 e. The fourth-order valence-electron chi connectivity index (χ4n) is 2.15. The zero-order chi connectivity index (χ0) is 15.7. The molecule has 1 unspecified atom stereocenters. The van der Waals surface area contributed by atoms with Crippen LogP contribution in [0.4, 0.5) is 8.78 Å². The Morgan fingerprint density at radius 2 is 1.76 bits per heavy atom. The molecular weight excluding hydrogens is 276 g/mol. The molecule has 1 aromatic rings. The summed E-state index contributed by atoms with van der Waals surface area (Å²) in [5.41, 5.74) is 0.327. The fourth-order valence-corrected chi connectivity index (χ4v) is 2.15. The van der Waals surface area contributed by atoms with E-state index in [0.29, 0.717) is 25.2 Å². The van der Waals surface area contributed by atoms with Gasteiger partial charge in [0, 0.05) is 13.2 Å². The highest BCUT2D eigenvalue weighted by atomic mass is 19.2. The van der Waals surface area contributed by atoms with Crippen molar-refractivity contribution in [2.75, 3.05) is 19.8 Å². The van der Waals surface area contributed by atoms with Gasteiger partial charge in [-0.05, 0) is 44.9 Å². The van der Waals surface area contributed by atoms with Gasteiger partial charge in [0.1, 0.15) is 0 Å². The van der Waals surface area contributed by atoms with Gasteiger partial charge in [0.15, 0.2) is 17.9 Å². The number of rotatable bonds is 10. The summed E-state index contributed by atoms with van der Waals surface area (Å²) in [5, 5.41) is 3.30. The van der Waals surface area contributed by atoms with E-state index in [4.69, 9.17) is 9.47 Å². The molecule has 1 rings (SSSR count). The van der Waals surface area contributed by atoms with Crippen LogP contribution in [0.25, 0.3) is 0 Å². The lowest BCUT2D eigenvalue weighted by Gasteiger charge is -2.28. The first kappa shape index (κ1) is 18.0. The first-order chi connectivity index (χ1) is 10.1. The summed E-state index contributed by atoms with van der Waals surface area (Å²) in [7, 11) is 0. The Kier molecular flexibility index (Phi) is 8.42. The third kappa shape index (κ3) is 5.69. The van der Waals surface area contributed by atoms with Crippen LogP contribution in [-0.2, 0) is 15.9 Å². The van der Waals surface area contributed by atoms with E-state index in [0.717, 1.165) is 19.0 Å². The van der Waals surface area contributed by atoms with Crippen LogP contribution >= 0.6 is 0 Å². The van der Waals surface area contributed by atoms with E-state index in [2.05, 4.69) is 5.32 Å². The Bertz CT molecular complexity index is 409. The van der Waals surface area contributed by atoms with Crippen molar-refractivity contribution in [2.24, 2.45) is 0 Å². The number of hydrogen-bond donors (Lipinski definition) is 1. The molecule has 1 aromatic carbocycles. The summed E-state index contributed by atoms with van der Waals surface area (Å²) >= 11 is 0. The fraction of sp³-hybridized carbons (Fsp3) is 0.625. The van der Waals surface area contributed by atoms with Gasteiger partial charge in [-0.3, -0.25) is 0 Å². The van der Waals surface area contributed by atoms with E-state index in [1.807, 2.05) is 20.8 Å². The van der Waals surface area contributed by atoms with E-state index in [1.54, 1.807) is 6.07 Å². The third-order valence-electron chi connectivity index (χ3n) is 3.12. The van der Waals surface area contributed by atoms with Crippen molar-refractivity contribution in [3.05, 3.63) is 35.4 Å². The minimum absolute atomic E-state index is 0.221. The number of ether oxygens (including phenoxy) is 2. The second kappa shape index (κ2) is 9.82. The maximum absolute atomic E-state index is 13.8. The van der Waals surface area contributed by atoms with E-state index in [9.17, 15) is 8.78 Å². The summed E-state index contributed by atoms with van der Waals surface area (Å²) in [6, 6.07) is 4.01. The maximum Gasteiger partial charge on any atom is 0.172 e. The summed E-state index contributed by atoms with van der Waals surface area (Å²) in [5.74, 6) is -1.63. The second-order valence-corrected chi connectivity index (χ2v) is 4.76. The molecule has 120 valence electrons. The third-order valence-corrected chi connectivity index (χ3v) is 3.12. The van der Waals surface area contributed by atoms with E-state index < -0.39 is 17.9 Å². The molecule has 0 aliphatic carbocycles. The second-order valence-electron chi connectivity index (χ2n) is 4.76. The van der Waals surface area contributed by atoms with Crippen molar-refractivity contribution in [3.8, 4) is 0 Å². The van der Waals surface area contributed by atoms with Crippen LogP contribution in [0.5, 0.6) is 0 Å². The normalized spacial score (nSPS) is 12.9. The van der Waals surface area contributed by atoms with Crippen LogP contribution in [0.3, 0.4) is 0 Å². The zero-order valence-electron chi connectivity index (χ0n) is 13.0. The average molecular weight is 301 g/mol. The molecule has 3 nitrogen and oxygen atoms in total. The first-order valence-corrected chi connectivity index (χ1v) is 7.53. The van der Waals surface area contributed by atoms with Crippen molar-refractivity contribution < 1.29 is 18.3 Å². The molecule has 1 N–H and O–H groups in total. The van der Waals surface area contributed by atoms with Crippen LogP contribution in [0.2, 0.25) is 0 Å². The Labute approximate surface area is 125 Å².